The molecule has 1 aliphatic rings. The Hall–Kier alpha value is -1.55. The molecule has 1 N–H and O–H groups in total. The fourth-order valence-electron chi connectivity index (χ4n) is 2.34. The van der Waals surface area contributed by atoms with Crippen molar-refractivity contribution < 1.29 is 9.53 Å². The normalized spacial score (nSPS) is 19.1. The molecular formula is C14H20N2O2. The van der Waals surface area contributed by atoms with Gasteiger partial charge in [0.05, 0.1) is 12.7 Å². The van der Waals surface area contributed by atoms with Crippen LogP contribution in [0.1, 0.15) is 22.3 Å². The third-order valence-corrected chi connectivity index (χ3v) is 3.47. The quantitative estimate of drug-likeness (QED) is 0.880. The number of hydrogen-bond acceptors (Lipinski definition) is 3. The number of carbonyl (C=O) groups excluding carboxylic acids is 1. The Labute approximate surface area is 108 Å². The zero-order chi connectivity index (χ0) is 13.1. The molecular weight excluding hydrogens is 228 g/mol. The van der Waals surface area contributed by atoms with E-state index in [9.17, 15) is 4.79 Å². The Morgan fingerprint density at radius 1 is 1.50 bits per heavy atom. The molecule has 1 fully saturated rings. The van der Waals surface area contributed by atoms with E-state index in [2.05, 4.69) is 5.32 Å². The largest absolute Gasteiger partial charge is 0.496 e. The maximum absolute atomic E-state index is 12.5. The Balaban J connectivity index is 2.21. The minimum atomic E-state index is 0.0632. The van der Waals surface area contributed by atoms with Crippen molar-refractivity contribution in [3.63, 3.8) is 0 Å². The lowest BCUT2D eigenvalue weighted by atomic mass is 10.1. The van der Waals surface area contributed by atoms with E-state index >= 15 is 0 Å². The van der Waals surface area contributed by atoms with Gasteiger partial charge < -0.3 is 15.0 Å². The molecule has 1 aromatic carbocycles. The van der Waals surface area contributed by atoms with Crippen LogP contribution in [0.5, 0.6) is 5.75 Å². The first-order valence-corrected chi connectivity index (χ1v) is 6.27. The molecule has 0 aromatic heterocycles. The van der Waals surface area contributed by atoms with Gasteiger partial charge in [0.15, 0.2) is 0 Å². The van der Waals surface area contributed by atoms with Crippen LogP contribution in [0, 0.1) is 6.92 Å². The summed E-state index contributed by atoms with van der Waals surface area (Å²) >= 11 is 0. The summed E-state index contributed by atoms with van der Waals surface area (Å²) in [5.41, 5.74) is 1.73. The van der Waals surface area contributed by atoms with Crippen molar-refractivity contribution in [2.75, 3.05) is 27.2 Å². The van der Waals surface area contributed by atoms with E-state index in [0.717, 1.165) is 25.1 Å². The first kappa shape index (κ1) is 12.9. The summed E-state index contributed by atoms with van der Waals surface area (Å²) in [4.78, 5) is 14.3. The first-order chi connectivity index (χ1) is 8.65. The van der Waals surface area contributed by atoms with Crippen molar-refractivity contribution in [3.8, 4) is 5.75 Å². The molecule has 98 valence electrons. The number of hydrogen-bond donors (Lipinski definition) is 1. The van der Waals surface area contributed by atoms with Crippen LogP contribution in [0.2, 0.25) is 0 Å². The molecule has 4 heteroatoms. The van der Waals surface area contributed by atoms with Crippen LogP contribution in [0.15, 0.2) is 18.2 Å². The molecule has 1 saturated heterocycles. The van der Waals surface area contributed by atoms with Gasteiger partial charge in [0.1, 0.15) is 5.75 Å². The molecule has 0 spiro atoms. The van der Waals surface area contributed by atoms with E-state index in [0.29, 0.717) is 17.4 Å². The molecule has 1 unspecified atom stereocenters. The highest BCUT2D eigenvalue weighted by molar-refractivity contribution is 5.97. The molecule has 1 amide bonds. The zero-order valence-electron chi connectivity index (χ0n) is 11.2. The van der Waals surface area contributed by atoms with Crippen LogP contribution in [0.4, 0.5) is 0 Å². The average molecular weight is 248 g/mol. The van der Waals surface area contributed by atoms with Crippen LogP contribution in [-0.2, 0) is 0 Å². The number of amides is 1. The number of ether oxygens (including phenoxy) is 1. The van der Waals surface area contributed by atoms with Gasteiger partial charge in [-0.05, 0) is 32.5 Å². The van der Waals surface area contributed by atoms with Crippen LogP contribution in [0.3, 0.4) is 0 Å². The number of nitrogens with one attached hydrogen (secondary N) is 1. The summed E-state index contributed by atoms with van der Waals surface area (Å²) in [5.74, 6) is 0.715. The molecule has 18 heavy (non-hydrogen) atoms. The summed E-state index contributed by atoms with van der Waals surface area (Å²) < 4.78 is 5.27. The lowest BCUT2D eigenvalue weighted by Gasteiger charge is -2.18. The Bertz CT molecular complexity index is 445. The minimum Gasteiger partial charge on any atom is -0.496 e. The first-order valence-electron chi connectivity index (χ1n) is 6.27. The summed E-state index contributed by atoms with van der Waals surface area (Å²) in [6.45, 7) is 3.56. The maximum atomic E-state index is 12.5. The lowest BCUT2D eigenvalue weighted by Crippen LogP contribution is -2.33. The standard InChI is InChI=1S/C14H20N2O2/c1-10-4-5-13(18-3)12(8-10)14(17)16-7-6-11(9-16)15-2/h4-5,8,11,15H,6-7,9H2,1-3H3. The van der Waals surface area contributed by atoms with Gasteiger partial charge in [0.2, 0.25) is 0 Å². The Kier molecular flexibility index (Phi) is 3.87. The maximum Gasteiger partial charge on any atom is 0.257 e. The van der Waals surface area contributed by atoms with Gasteiger partial charge in [-0.2, -0.15) is 0 Å². The van der Waals surface area contributed by atoms with E-state index in [4.69, 9.17) is 4.74 Å². The van der Waals surface area contributed by atoms with E-state index in [-0.39, 0.29) is 5.91 Å². The molecule has 1 aliphatic heterocycles. The van der Waals surface area contributed by atoms with E-state index in [1.807, 2.05) is 37.1 Å². The second-order valence-corrected chi connectivity index (χ2v) is 4.73. The second kappa shape index (κ2) is 5.40. The minimum absolute atomic E-state index is 0.0632. The van der Waals surface area contributed by atoms with Gasteiger partial charge in [-0.3, -0.25) is 4.79 Å². The van der Waals surface area contributed by atoms with Crippen molar-refractivity contribution in [2.24, 2.45) is 0 Å². The van der Waals surface area contributed by atoms with E-state index in [1.54, 1.807) is 7.11 Å². The molecule has 0 aliphatic carbocycles. The van der Waals surface area contributed by atoms with Crippen LogP contribution < -0.4 is 10.1 Å². The third-order valence-electron chi connectivity index (χ3n) is 3.47. The molecule has 0 radical (unpaired) electrons. The molecule has 4 nitrogen and oxygen atoms in total. The predicted molar refractivity (Wildman–Crippen MR) is 71.1 cm³/mol. The van der Waals surface area contributed by atoms with Crippen molar-refractivity contribution in [2.45, 2.75) is 19.4 Å². The smallest absolute Gasteiger partial charge is 0.257 e. The third kappa shape index (κ3) is 2.48. The highest BCUT2D eigenvalue weighted by Gasteiger charge is 2.27. The van der Waals surface area contributed by atoms with Crippen molar-refractivity contribution in [3.05, 3.63) is 29.3 Å². The van der Waals surface area contributed by atoms with E-state index in [1.165, 1.54) is 0 Å². The predicted octanol–water partition coefficient (Wildman–Crippen LogP) is 1.44. The number of rotatable bonds is 3. The second-order valence-electron chi connectivity index (χ2n) is 4.73. The van der Waals surface area contributed by atoms with Gasteiger partial charge >= 0.3 is 0 Å². The summed E-state index contributed by atoms with van der Waals surface area (Å²) in [7, 11) is 3.54. The number of benzene rings is 1. The number of carbonyl (C=O) groups is 1. The molecule has 1 aromatic rings. The molecule has 1 heterocycles. The van der Waals surface area contributed by atoms with Gasteiger partial charge in [-0.15, -0.1) is 0 Å². The summed E-state index contributed by atoms with van der Waals surface area (Å²) in [6.07, 6.45) is 1.01. The van der Waals surface area contributed by atoms with Gasteiger partial charge in [-0.25, -0.2) is 0 Å². The van der Waals surface area contributed by atoms with Crippen LogP contribution in [-0.4, -0.2) is 44.1 Å². The van der Waals surface area contributed by atoms with Crippen molar-refractivity contribution >= 4 is 5.91 Å². The van der Waals surface area contributed by atoms with E-state index < -0.39 is 0 Å². The molecule has 2 rings (SSSR count). The lowest BCUT2D eigenvalue weighted by molar-refractivity contribution is 0.0786. The highest BCUT2D eigenvalue weighted by atomic mass is 16.5. The number of nitrogens with zero attached hydrogens (tertiary/aromatic N) is 1. The molecule has 0 saturated carbocycles. The number of likely N-dealkylation sites (N-methyl/N-ethyl adjacent to an activating group) is 1. The Morgan fingerprint density at radius 2 is 2.28 bits per heavy atom. The summed E-state index contributed by atoms with van der Waals surface area (Å²) in [6, 6.07) is 6.11. The fourth-order valence-corrected chi connectivity index (χ4v) is 2.34. The zero-order valence-corrected chi connectivity index (χ0v) is 11.2. The average Bonchev–Trinajstić information content (AvgIpc) is 2.86. The van der Waals surface area contributed by atoms with Gasteiger partial charge in [0, 0.05) is 19.1 Å². The number of methoxy groups -OCH3 is 1. The van der Waals surface area contributed by atoms with Crippen LogP contribution in [0.25, 0.3) is 0 Å². The number of aryl methyl sites for hydroxylation is 1. The number of likely N-dealkylation sites (tertiary alicyclic amines) is 1. The van der Waals surface area contributed by atoms with Gasteiger partial charge in [0.25, 0.3) is 5.91 Å². The molecule has 0 bridgehead atoms. The fraction of sp³-hybridized carbons (Fsp3) is 0.500. The molecule has 1 atom stereocenters. The SMILES string of the molecule is CNC1CCN(C(=O)c2cc(C)ccc2OC)C1. The Morgan fingerprint density at radius 3 is 2.89 bits per heavy atom. The van der Waals surface area contributed by atoms with Crippen molar-refractivity contribution in [1.82, 2.24) is 10.2 Å². The summed E-state index contributed by atoms with van der Waals surface area (Å²) in [5, 5.41) is 3.22. The van der Waals surface area contributed by atoms with Crippen LogP contribution >= 0.6 is 0 Å². The highest BCUT2D eigenvalue weighted by Crippen LogP contribution is 2.23. The van der Waals surface area contributed by atoms with Gasteiger partial charge in [-0.1, -0.05) is 11.6 Å². The monoisotopic (exact) mass is 248 g/mol. The van der Waals surface area contributed by atoms with Crippen molar-refractivity contribution in [1.29, 1.82) is 0 Å². The topological polar surface area (TPSA) is 41.6 Å².